The maximum atomic E-state index is 11.7. The molecule has 17 heavy (non-hydrogen) atoms. The summed E-state index contributed by atoms with van der Waals surface area (Å²) in [4.78, 5) is 24.7. The molecule has 0 bridgehead atoms. The highest BCUT2D eigenvalue weighted by Crippen LogP contribution is 2.24. The lowest BCUT2D eigenvalue weighted by molar-refractivity contribution is -0.155. The monoisotopic (exact) mass is 244 g/mol. The highest BCUT2D eigenvalue weighted by atomic mass is 16.6. The number of hydrogen-bond acceptors (Lipinski definition) is 5. The zero-order chi connectivity index (χ0) is 13.3. The standard InChI is InChI=1S/C11H20N2O4/c1-10(2,3)17-9(15)13-6-11(7-13,12-4)8(14)16-5/h12H,6-7H2,1-5H3. The van der Waals surface area contributed by atoms with Crippen LogP contribution in [0.5, 0.6) is 0 Å². The van der Waals surface area contributed by atoms with Crippen LogP contribution in [0.25, 0.3) is 0 Å². The van der Waals surface area contributed by atoms with E-state index in [1.54, 1.807) is 27.8 Å². The zero-order valence-electron chi connectivity index (χ0n) is 11.0. The van der Waals surface area contributed by atoms with E-state index in [0.29, 0.717) is 0 Å². The molecule has 0 spiro atoms. The van der Waals surface area contributed by atoms with Crippen molar-refractivity contribution in [3.63, 3.8) is 0 Å². The number of methoxy groups -OCH3 is 1. The average Bonchev–Trinajstić information content (AvgIpc) is 2.13. The van der Waals surface area contributed by atoms with Gasteiger partial charge < -0.3 is 19.7 Å². The minimum atomic E-state index is -0.786. The van der Waals surface area contributed by atoms with E-state index in [9.17, 15) is 9.59 Å². The fourth-order valence-corrected chi connectivity index (χ4v) is 1.65. The van der Waals surface area contributed by atoms with Crippen LogP contribution in [0.1, 0.15) is 20.8 Å². The van der Waals surface area contributed by atoms with Gasteiger partial charge in [0.1, 0.15) is 5.60 Å². The Hall–Kier alpha value is -1.30. The van der Waals surface area contributed by atoms with Gasteiger partial charge in [-0.15, -0.1) is 0 Å². The van der Waals surface area contributed by atoms with E-state index in [0.717, 1.165) is 0 Å². The molecule has 1 fully saturated rings. The lowest BCUT2D eigenvalue weighted by Gasteiger charge is -2.47. The first kappa shape index (κ1) is 13.8. The first-order chi connectivity index (χ1) is 7.74. The van der Waals surface area contributed by atoms with Crippen molar-refractivity contribution in [1.29, 1.82) is 0 Å². The molecule has 0 radical (unpaired) electrons. The smallest absolute Gasteiger partial charge is 0.410 e. The van der Waals surface area contributed by atoms with Gasteiger partial charge in [0.2, 0.25) is 0 Å². The lowest BCUT2D eigenvalue weighted by Crippen LogP contribution is -2.73. The number of nitrogens with zero attached hydrogens (tertiary/aromatic N) is 1. The van der Waals surface area contributed by atoms with Gasteiger partial charge in [-0.1, -0.05) is 0 Å². The molecule has 98 valence electrons. The van der Waals surface area contributed by atoms with Gasteiger partial charge in [0.05, 0.1) is 20.2 Å². The van der Waals surface area contributed by atoms with E-state index < -0.39 is 17.2 Å². The molecule has 6 nitrogen and oxygen atoms in total. The molecule has 1 aliphatic heterocycles. The highest BCUT2D eigenvalue weighted by molar-refractivity contribution is 5.85. The maximum Gasteiger partial charge on any atom is 0.410 e. The number of likely N-dealkylation sites (N-methyl/N-ethyl adjacent to an activating group) is 1. The van der Waals surface area contributed by atoms with Crippen molar-refractivity contribution in [1.82, 2.24) is 10.2 Å². The first-order valence-electron chi connectivity index (χ1n) is 5.49. The van der Waals surface area contributed by atoms with Gasteiger partial charge in [-0.25, -0.2) is 9.59 Å². The lowest BCUT2D eigenvalue weighted by atomic mass is 9.90. The van der Waals surface area contributed by atoms with E-state index in [-0.39, 0.29) is 19.1 Å². The molecule has 0 aliphatic carbocycles. The highest BCUT2D eigenvalue weighted by Gasteiger charge is 2.52. The summed E-state index contributed by atoms with van der Waals surface area (Å²) in [5, 5.41) is 2.89. The summed E-state index contributed by atoms with van der Waals surface area (Å²) in [5.41, 5.74) is -1.31. The summed E-state index contributed by atoms with van der Waals surface area (Å²) in [6.07, 6.45) is -0.410. The fourth-order valence-electron chi connectivity index (χ4n) is 1.65. The number of amides is 1. The number of carbonyl (C=O) groups excluding carboxylic acids is 2. The van der Waals surface area contributed by atoms with Crippen LogP contribution in [0.4, 0.5) is 4.79 Å². The maximum absolute atomic E-state index is 11.7. The number of likely N-dealkylation sites (tertiary alicyclic amines) is 1. The second-order valence-electron chi connectivity index (χ2n) is 5.16. The molecule has 1 aliphatic rings. The Bertz CT molecular complexity index is 316. The minimum Gasteiger partial charge on any atom is -0.468 e. The van der Waals surface area contributed by atoms with E-state index in [2.05, 4.69) is 5.32 Å². The van der Waals surface area contributed by atoms with Crippen molar-refractivity contribution in [3.8, 4) is 0 Å². The molecule has 6 heteroatoms. The van der Waals surface area contributed by atoms with Crippen LogP contribution in [0, 0.1) is 0 Å². The second kappa shape index (κ2) is 4.52. The van der Waals surface area contributed by atoms with Crippen molar-refractivity contribution < 1.29 is 19.1 Å². The van der Waals surface area contributed by atoms with Gasteiger partial charge in [0.25, 0.3) is 0 Å². The summed E-state index contributed by atoms with van der Waals surface area (Å²) in [5.74, 6) is -0.361. The molecular weight excluding hydrogens is 224 g/mol. The Balaban J connectivity index is 2.55. The third kappa shape index (κ3) is 2.88. The molecule has 1 N–H and O–H groups in total. The predicted molar refractivity (Wildman–Crippen MR) is 61.6 cm³/mol. The first-order valence-corrected chi connectivity index (χ1v) is 5.49. The number of nitrogens with one attached hydrogen (secondary N) is 1. The molecule has 0 saturated carbocycles. The van der Waals surface area contributed by atoms with Gasteiger partial charge in [-0.05, 0) is 27.8 Å². The number of hydrogen-bond donors (Lipinski definition) is 1. The third-order valence-electron chi connectivity index (χ3n) is 2.63. The third-order valence-corrected chi connectivity index (χ3v) is 2.63. The molecule has 1 saturated heterocycles. The zero-order valence-corrected chi connectivity index (χ0v) is 11.0. The van der Waals surface area contributed by atoms with Gasteiger partial charge in [-0.3, -0.25) is 0 Å². The van der Waals surface area contributed by atoms with Crippen molar-refractivity contribution in [2.75, 3.05) is 27.2 Å². The second-order valence-corrected chi connectivity index (χ2v) is 5.16. The van der Waals surface area contributed by atoms with Crippen molar-refractivity contribution in [2.45, 2.75) is 31.9 Å². The van der Waals surface area contributed by atoms with Gasteiger partial charge in [0, 0.05) is 0 Å². The normalized spacial score (nSPS) is 18.3. The van der Waals surface area contributed by atoms with Crippen molar-refractivity contribution in [3.05, 3.63) is 0 Å². The summed E-state index contributed by atoms with van der Waals surface area (Å²) in [6.45, 7) is 5.94. The minimum absolute atomic E-state index is 0.269. The van der Waals surface area contributed by atoms with Gasteiger partial charge in [-0.2, -0.15) is 0 Å². The number of rotatable bonds is 2. The molecule has 0 aromatic heterocycles. The predicted octanol–water partition coefficient (Wildman–Crippen LogP) is 0.368. The van der Waals surface area contributed by atoms with Crippen LogP contribution in [0.3, 0.4) is 0 Å². The molecule has 1 heterocycles. The molecular formula is C11H20N2O4. The van der Waals surface area contributed by atoms with Crippen LogP contribution in [0.2, 0.25) is 0 Å². The van der Waals surface area contributed by atoms with Gasteiger partial charge >= 0.3 is 12.1 Å². The summed E-state index contributed by atoms with van der Waals surface area (Å²) in [6, 6.07) is 0. The largest absolute Gasteiger partial charge is 0.468 e. The Kier molecular flexibility index (Phi) is 3.66. The van der Waals surface area contributed by atoms with Crippen LogP contribution in [0.15, 0.2) is 0 Å². The fraction of sp³-hybridized carbons (Fsp3) is 0.818. The molecule has 1 amide bonds. The molecule has 1 rings (SSSR count). The topological polar surface area (TPSA) is 67.9 Å². The van der Waals surface area contributed by atoms with Crippen LogP contribution < -0.4 is 5.32 Å². The molecule has 0 aromatic rings. The van der Waals surface area contributed by atoms with Crippen molar-refractivity contribution >= 4 is 12.1 Å². The van der Waals surface area contributed by atoms with E-state index in [4.69, 9.17) is 9.47 Å². The van der Waals surface area contributed by atoms with Crippen molar-refractivity contribution in [2.24, 2.45) is 0 Å². The quantitative estimate of drug-likeness (QED) is 0.711. The Morgan fingerprint density at radius 2 is 1.82 bits per heavy atom. The van der Waals surface area contributed by atoms with E-state index in [1.165, 1.54) is 12.0 Å². The molecule has 0 unspecified atom stereocenters. The van der Waals surface area contributed by atoms with Crippen LogP contribution >= 0.6 is 0 Å². The Labute approximate surface area is 101 Å². The molecule has 0 aromatic carbocycles. The Morgan fingerprint density at radius 1 is 1.29 bits per heavy atom. The summed E-state index contributed by atoms with van der Waals surface area (Å²) in [7, 11) is 3.00. The number of esters is 1. The summed E-state index contributed by atoms with van der Waals surface area (Å²) < 4.78 is 9.90. The summed E-state index contributed by atoms with van der Waals surface area (Å²) >= 11 is 0. The van der Waals surface area contributed by atoms with E-state index in [1.807, 2.05) is 0 Å². The van der Waals surface area contributed by atoms with Crippen LogP contribution in [-0.2, 0) is 14.3 Å². The van der Waals surface area contributed by atoms with Crippen LogP contribution in [-0.4, -0.2) is 55.3 Å². The number of ether oxygens (including phenoxy) is 2. The molecule has 0 atom stereocenters. The Morgan fingerprint density at radius 3 is 2.18 bits per heavy atom. The van der Waals surface area contributed by atoms with E-state index >= 15 is 0 Å². The average molecular weight is 244 g/mol. The SMILES string of the molecule is CNC1(C(=O)OC)CN(C(=O)OC(C)(C)C)C1. The van der Waals surface area contributed by atoms with Gasteiger partial charge in [0.15, 0.2) is 5.54 Å². The number of carbonyl (C=O) groups is 2.